The van der Waals surface area contributed by atoms with E-state index in [9.17, 15) is 4.79 Å². The van der Waals surface area contributed by atoms with Crippen LogP contribution in [0.25, 0.3) is 16.8 Å². The molecule has 0 bridgehead atoms. The zero-order valence-corrected chi connectivity index (χ0v) is 16.2. The topological polar surface area (TPSA) is 90.9 Å². The van der Waals surface area contributed by atoms with Crippen LogP contribution in [0.3, 0.4) is 0 Å². The Bertz CT molecular complexity index is 1340. The minimum absolute atomic E-state index is 0.0613. The summed E-state index contributed by atoms with van der Waals surface area (Å²) in [4.78, 5) is 35.0. The Hall–Kier alpha value is -3.94. The van der Waals surface area contributed by atoms with Gasteiger partial charge in [0.05, 0.1) is 11.1 Å². The lowest BCUT2D eigenvalue weighted by Crippen LogP contribution is -2.27. The molecule has 0 aliphatic heterocycles. The summed E-state index contributed by atoms with van der Waals surface area (Å²) in [5.41, 5.74) is 2.45. The molecule has 0 fully saturated rings. The number of hydrogen-bond donors (Lipinski definition) is 0. The van der Waals surface area contributed by atoms with Crippen LogP contribution in [-0.2, 0) is 25.8 Å². The van der Waals surface area contributed by atoms with E-state index < -0.39 is 0 Å². The van der Waals surface area contributed by atoms with Gasteiger partial charge in [-0.1, -0.05) is 0 Å². The predicted molar refractivity (Wildman–Crippen MR) is 112 cm³/mol. The molecule has 8 heteroatoms. The highest BCUT2D eigenvalue weighted by Crippen LogP contribution is 2.11. The van der Waals surface area contributed by atoms with Crippen LogP contribution < -0.4 is 5.56 Å². The van der Waals surface area contributed by atoms with Crippen molar-refractivity contribution in [3.05, 3.63) is 94.9 Å². The highest BCUT2D eigenvalue weighted by Gasteiger charge is 2.13. The van der Waals surface area contributed by atoms with E-state index in [1.54, 1.807) is 41.5 Å². The Morgan fingerprint density at radius 2 is 1.73 bits per heavy atom. The molecule has 0 N–H and O–H groups in total. The van der Waals surface area contributed by atoms with E-state index in [0.717, 1.165) is 17.7 Å². The van der Waals surface area contributed by atoms with E-state index in [-0.39, 0.29) is 5.56 Å². The molecule has 0 aromatic carbocycles. The van der Waals surface area contributed by atoms with Crippen molar-refractivity contribution in [2.75, 3.05) is 0 Å². The van der Waals surface area contributed by atoms with Gasteiger partial charge in [-0.15, -0.1) is 0 Å². The Morgan fingerprint density at radius 3 is 2.60 bits per heavy atom. The van der Waals surface area contributed by atoms with E-state index in [2.05, 4.69) is 19.9 Å². The highest BCUT2D eigenvalue weighted by molar-refractivity contribution is 5.72. The van der Waals surface area contributed by atoms with Crippen LogP contribution >= 0.6 is 0 Å². The van der Waals surface area contributed by atoms with Crippen molar-refractivity contribution in [3.8, 4) is 0 Å². The molecule has 0 radical (unpaired) electrons. The Balaban J connectivity index is 1.47. The average molecular weight is 397 g/mol. The number of nitrogens with zero attached hydrogens (tertiary/aromatic N) is 7. The number of aromatic nitrogens is 7. The summed E-state index contributed by atoms with van der Waals surface area (Å²) < 4.78 is 3.65. The monoisotopic (exact) mass is 397 g/mol. The molecule has 0 unspecified atom stereocenters. The first-order valence-electron chi connectivity index (χ1n) is 9.80. The number of fused-ring (bicyclic) bond motifs is 2. The Labute approximate surface area is 171 Å². The van der Waals surface area contributed by atoms with E-state index in [0.29, 0.717) is 42.0 Å². The lowest BCUT2D eigenvalue weighted by molar-refractivity contribution is 0.610. The summed E-state index contributed by atoms with van der Waals surface area (Å²) in [6.07, 6.45) is 12.8. The first-order valence-corrected chi connectivity index (χ1v) is 9.80. The van der Waals surface area contributed by atoms with Crippen LogP contribution in [0.15, 0.2) is 72.3 Å². The van der Waals surface area contributed by atoms with Gasteiger partial charge in [-0.3, -0.25) is 18.7 Å². The van der Waals surface area contributed by atoms with Crippen molar-refractivity contribution < 1.29 is 0 Å². The van der Waals surface area contributed by atoms with Crippen molar-refractivity contribution >= 4 is 16.8 Å². The molecule has 148 valence electrons. The number of pyridine rings is 2. The van der Waals surface area contributed by atoms with Crippen molar-refractivity contribution in [3.63, 3.8) is 0 Å². The maximum atomic E-state index is 13.2. The molecule has 0 spiro atoms. The minimum Gasteiger partial charge on any atom is -0.296 e. The molecule has 0 amide bonds. The second kappa shape index (κ2) is 7.82. The summed E-state index contributed by atoms with van der Waals surface area (Å²) in [6, 6.07) is 9.33. The number of aryl methyl sites for hydroxylation is 3. The van der Waals surface area contributed by atoms with Crippen LogP contribution in [0.1, 0.15) is 17.1 Å². The lowest BCUT2D eigenvalue weighted by Gasteiger charge is -2.13. The maximum Gasteiger partial charge on any atom is 0.263 e. The summed E-state index contributed by atoms with van der Waals surface area (Å²) in [5.74, 6) is 1.38. The van der Waals surface area contributed by atoms with Crippen LogP contribution in [0.2, 0.25) is 0 Å². The minimum atomic E-state index is -0.0613. The largest absolute Gasteiger partial charge is 0.296 e. The SMILES string of the molecule is O=c1c2cccnc2nc(CCc2cn3cccnc3n2)n1CCc1ccncc1. The van der Waals surface area contributed by atoms with Gasteiger partial charge in [-0.05, 0) is 48.7 Å². The average Bonchev–Trinajstić information content (AvgIpc) is 3.21. The molecular weight excluding hydrogens is 378 g/mol. The second-order valence-electron chi connectivity index (χ2n) is 7.02. The van der Waals surface area contributed by atoms with Gasteiger partial charge in [-0.25, -0.2) is 19.9 Å². The first-order chi connectivity index (χ1) is 14.8. The number of hydrogen-bond acceptors (Lipinski definition) is 6. The van der Waals surface area contributed by atoms with Crippen LogP contribution in [-0.4, -0.2) is 33.9 Å². The van der Waals surface area contributed by atoms with E-state index >= 15 is 0 Å². The van der Waals surface area contributed by atoms with Crippen molar-refractivity contribution in [2.45, 2.75) is 25.8 Å². The van der Waals surface area contributed by atoms with Gasteiger partial charge in [0.15, 0.2) is 5.65 Å². The van der Waals surface area contributed by atoms with Gasteiger partial charge in [0.25, 0.3) is 5.56 Å². The van der Waals surface area contributed by atoms with Crippen LogP contribution in [0, 0.1) is 0 Å². The molecule has 8 nitrogen and oxygen atoms in total. The van der Waals surface area contributed by atoms with E-state index in [4.69, 9.17) is 4.98 Å². The zero-order valence-electron chi connectivity index (χ0n) is 16.2. The fourth-order valence-corrected chi connectivity index (χ4v) is 3.55. The normalized spacial score (nSPS) is 11.3. The molecular formula is C22H19N7O. The third-order valence-corrected chi connectivity index (χ3v) is 5.07. The van der Waals surface area contributed by atoms with Gasteiger partial charge < -0.3 is 0 Å². The molecule has 5 aromatic heterocycles. The van der Waals surface area contributed by atoms with Crippen LogP contribution in [0.5, 0.6) is 0 Å². The fraction of sp³-hybridized carbons (Fsp3) is 0.182. The van der Waals surface area contributed by atoms with Crippen molar-refractivity contribution in [1.82, 2.24) is 33.9 Å². The molecule has 0 saturated carbocycles. The third kappa shape index (κ3) is 3.55. The molecule has 0 atom stereocenters. The summed E-state index contributed by atoms with van der Waals surface area (Å²) in [7, 11) is 0. The Morgan fingerprint density at radius 1 is 0.867 bits per heavy atom. The smallest absolute Gasteiger partial charge is 0.263 e. The van der Waals surface area contributed by atoms with Crippen LogP contribution in [0.4, 0.5) is 0 Å². The first kappa shape index (κ1) is 18.1. The Kier molecular flexibility index (Phi) is 4.72. The second-order valence-corrected chi connectivity index (χ2v) is 7.02. The fourth-order valence-electron chi connectivity index (χ4n) is 3.55. The van der Waals surface area contributed by atoms with Crippen molar-refractivity contribution in [2.24, 2.45) is 0 Å². The maximum absolute atomic E-state index is 13.2. The van der Waals surface area contributed by atoms with Gasteiger partial charge in [0.2, 0.25) is 5.78 Å². The van der Waals surface area contributed by atoms with E-state index in [1.807, 2.05) is 35.0 Å². The van der Waals surface area contributed by atoms with E-state index in [1.165, 1.54) is 0 Å². The predicted octanol–water partition coefficient (Wildman–Crippen LogP) is 2.26. The van der Waals surface area contributed by atoms with Gasteiger partial charge >= 0.3 is 0 Å². The third-order valence-electron chi connectivity index (χ3n) is 5.07. The molecule has 5 heterocycles. The van der Waals surface area contributed by atoms with Gasteiger partial charge in [-0.2, -0.15) is 0 Å². The molecule has 0 saturated heterocycles. The lowest BCUT2D eigenvalue weighted by atomic mass is 10.2. The highest BCUT2D eigenvalue weighted by atomic mass is 16.1. The van der Waals surface area contributed by atoms with Gasteiger partial charge in [0, 0.05) is 50.1 Å². The van der Waals surface area contributed by atoms with Gasteiger partial charge in [0.1, 0.15) is 5.82 Å². The quantitative estimate of drug-likeness (QED) is 0.436. The molecule has 5 aromatic rings. The summed E-state index contributed by atoms with van der Waals surface area (Å²) in [5, 5.41) is 0.535. The summed E-state index contributed by atoms with van der Waals surface area (Å²) >= 11 is 0. The van der Waals surface area contributed by atoms with Crippen molar-refractivity contribution in [1.29, 1.82) is 0 Å². The zero-order chi connectivity index (χ0) is 20.3. The standard InChI is InChI=1S/C22H19N7O/c30-21-18-3-1-9-24-20(18)27-19(29(21)14-8-16-6-11-23-12-7-16)5-4-17-15-28-13-2-10-25-22(28)26-17/h1-3,6-7,9-13,15H,4-5,8,14H2. The number of rotatable bonds is 6. The summed E-state index contributed by atoms with van der Waals surface area (Å²) in [6.45, 7) is 0.544. The molecule has 0 aliphatic carbocycles. The molecule has 5 rings (SSSR count). The molecule has 30 heavy (non-hydrogen) atoms. The number of imidazole rings is 1. The molecule has 0 aliphatic rings.